The van der Waals surface area contributed by atoms with Crippen molar-refractivity contribution in [1.82, 2.24) is 5.32 Å². The molecule has 0 saturated heterocycles. The molecule has 0 radical (unpaired) electrons. The Hall–Kier alpha value is -3.26. The van der Waals surface area contributed by atoms with E-state index in [1.165, 1.54) is 6.07 Å². The molecule has 2 aromatic rings. The van der Waals surface area contributed by atoms with Crippen LogP contribution in [0, 0.1) is 11.7 Å². The third-order valence-corrected chi connectivity index (χ3v) is 5.02. The average molecular weight is 445 g/mol. The number of aliphatic hydroxyl groups is 1. The molecule has 8 heteroatoms. The number of benzene rings is 2. The minimum Gasteiger partial charge on any atom is -0.474 e. The van der Waals surface area contributed by atoms with Crippen LogP contribution in [0.2, 0.25) is 0 Å². The van der Waals surface area contributed by atoms with Crippen LogP contribution in [-0.4, -0.2) is 47.3 Å². The van der Waals surface area contributed by atoms with Crippen molar-refractivity contribution in [3.8, 4) is 11.1 Å². The molecular weight excluding hydrogens is 417 g/mol. The first-order valence-electron chi connectivity index (χ1n) is 10.5. The van der Waals surface area contributed by atoms with Crippen molar-refractivity contribution in [1.29, 1.82) is 0 Å². The summed E-state index contributed by atoms with van der Waals surface area (Å²) in [4.78, 5) is 35.0. The summed E-state index contributed by atoms with van der Waals surface area (Å²) in [5.74, 6) is -4.68. The highest BCUT2D eigenvalue weighted by molar-refractivity contribution is 6.31. The van der Waals surface area contributed by atoms with Gasteiger partial charge in [-0.1, -0.05) is 55.8 Å². The lowest BCUT2D eigenvalue weighted by Gasteiger charge is -2.22. The fourth-order valence-corrected chi connectivity index (χ4v) is 3.26. The number of rotatable bonds is 11. The fraction of sp³-hybridized carbons (Fsp3) is 0.375. The van der Waals surface area contributed by atoms with E-state index in [2.05, 4.69) is 5.32 Å². The maximum atomic E-state index is 14.0. The molecule has 2 aromatic carbocycles. The second-order valence-corrected chi connectivity index (χ2v) is 7.49. The molecule has 2 unspecified atom stereocenters. The van der Waals surface area contributed by atoms with Crippen LogP contribution in [0.15, 0.2) is 48.5 Å². The highest BCUT2D eigenvalue weighted by Gasteiger charge is 2.26. The van der Waals surface area contributed by atoms with E-state index < -0.39 is 36.4 Å². The Kier molecular flexibility index (Phi) is 9.81. The standard InChI is InChI=1S/C24H28FNO6/c1-2-3-12-32-24(31)18(15-27)14-19(26-22(28)23(29)30)13-16-8-10-17(11-9-16)20-6-4-5-7-21(20)25/h4-11,18-19,27H,2-3,12-15H2,1H3,(H,26,28)(H,29,30). The van der Waals surface area contributed by atoms with Crippen LogP contribution >= 0.6 is 0 Å². The highest BCUT2D eigenvalue weighted by atomic mass is 19.1. The van der Waals surface area contributed by atoms with Crippen molar-refractivity contribution in [2.45, 2.75) is 38.6 Å². The van der Waals surface area contributed by atoms with Gasteiger partial charge in [0, 0.05) is 11.6 Å². The van der Waals surface area contributed by atoms with E-state index in [0.29, 0.717) is 17.5 Å². The molecule has 0 fully saturated rings. The molecule has 0 aliphatic heterocycles. The van der Waals surface area contributed by atoms with E-state index in [1.807, 2.05) is 6.92 Å². The van der Waals surface area contributed by atoms with E-state index in [-0.39, 0.29) is 25.3 Å². The Morgan fingerprint density at radius 2 is 1.78 bits per heavy atom. The van der Waals surface area contributed by atoms with Gasteiger partial charge in [-0.05, 0) is 36.5 Å². The predicted molar refractivity (Wildman–Crippen MR) is 116 cm³/mol. The quantitative estimate of drug-likeness (QED) is 0.278. The van der Waals surface area contributed by atoms with Gasteiger partial charge in [-0.2, -0.15) is 0 Å². The van der Waals surface area contributed by atoms with Crippen molar-refractivity contribution in [3.05, 3.63) is 59.9 Å². The van der Waals surface area contributed by atoms with Crippen LogP contribution in [0.25, 0.3) is 11.1 Å². The van der Waals surface area contributed by atoms with Gasteiger partial charge >= 0.3 is 17.8 Å². The highest BCUT2D eigenvalue weighted by Crippen LogP contribution is 2.23. The second-order valence-electron chi connectivity index (χ2n) is 7.49. The number of aliphatic carboxylic acids is 1. The lowest BCUT2D eigenvalue weighted by molar-refractivity contribution is -0.151. The Labute approximate surface area is 186 Å². The Morgan fingerprint density at radius 1 is 1.09 bits per heavy atom. The van der Waals surface area contributed by atoms with Crippen molar-refractivity contribution in [2.75, 3.05) is 13.2 Å². The summed E-state index contributed by atoms with van der Waals surface area (Å²) < 4.78 is 19.2. The summed E-state index contributed by atoms with van der Waals surface area (Å²) in [6.45, 7) is 1.69. The number of ether oxygens (including phenoxy) is 1. The Balaban J connectivity index is 2.14. The molecule has 0 aliphatic carbocycles. The second kappa shape index (κ2) is 12.6. The molecule has 0 aromatic heterocycles. The van der Waals surface area contributed by atoms with E-state index in [0.717, 1.165) is 12.0 Å². The van der Waals surface area contributed by atoms with Gasteiger partial charge in [-0.15, -0.1) is 0 Å². The van der Waals surface area contributed by atoms with E-state index in [9.17, 15) is 23.9 Å². The summed E-state index contributed by atoms with van der Waals surface area (Å²) in [5.41, 5.74) is 1.87. The van der Waals surface area contributed by atoms with Gasteiger partial charge in [0.2, 0.25) is 0 Å². The average Bonchev–Trinajstić information content (AvgIpc) is 2.78. The number of amides is 1. The molecule has 0 saturated carbocycles. The van der Waals surface area contributed by atoms with Gasteiger partial charge in [-0.3, -0.25) is 9.59 Å². The lowest BCUT2D eigenvalue weighted by Crippen LogP contribution is -2.43. The van der Waals surface area contributed by atoms with Gasteiger partial charge in [0.05, 0.1) is 19.1 Å². The summed E-state index contributed by atoms with van der Waals surface area (Å²) in [5, 5.41) is 21.0. The van der Waals surface area contributed by atoms with Crippen molar-refractivity contribution < 1.29 is 33.7 Å². The number of nitrogens with one attached hydrogen (secondary N) is 1. The molecule has 1 amide bonds. The number of hydrogen-bond donors (Lipinski definition) is 3. The zero-order valence-corrected chi connectivity index (χ0v) is 17.9. The number of halogens is 1. The predicted octanol–water partition coefficient (Wildman–Crippen LogP) is 2.95. The maximum Gasteiger partial charge on any atom is 0.394 e. The number of aliphatic hydroxyl groups excluding tert-OH is 1. The summed E-state index contributed by atoms with van der Waals surface area (Å²) in [6, 6.07) is 12.6. The lowest BCUT2D eigenvalue weighted by atomic mass is 9.94. The molecule has 0 aliphatic rings. The van der Waals surface area contributed by atoms with Gasteiger partial charge in [-0.25, -0.2) is 9.18 Å². The molecule has 7 nitrogen and oxygen atoms in total. The molecule has 0 bridgehead atoms. The van der Waals surface area contributed by atoms with Crippen LogP contribution in [0.3, 0.4) is 0 Å². The number of unbranched alkanes of at least 4 members (excludes halogenated alkanes) is 1. The smallest absolute Gasteiger partial charge is 0.394 e. The van der Waals surface area contributed by atoms with E-state index in [4.69, 9.17) is 9.84 Å². The number of esters is 1. The summed E-state index contributed by atoms with van der Waals surface area (Å²) in [7, 11) is 0. The molecule has 0 heterocycles. The number of carboxylic acids is 1. The number of carbonyl (C=O) groups is 3. The van der Waals surface area contributed by atoms with Gasteiger partial charge < -0.3 is 20.3 Å². The first-order chi connectivity index (χ1) is 15.3. The first-order valence-corrected chi connectivity index (χ1v) is 10.5. The van der Waals surface area contributed by atoms with Gasteiger partial charge in [0.1, 0.15) is 5.82 Å². The Morgan fingerprint density at radius 3 is 2.38 bits per heavy atom. The number of carbonyl (C=O) groups excluding carboxylic acids is 2. The van der Waals surface area contributed by atoms with Crippen LogP contribution < -0.4 is 5.32 Å². The molecule has 3 N–H and O–H groups in total. The molecule has 32 heavy (non-hydrogen) atoms. The van der Waals surface area contributed by atoms with Gasteiger partial charge in [0.15, 0.2) is 0 Å². The minimum absolute atomic E-state index is 0.00947. The zero-order chi connectivity index (χ0) is 23.5. The monoisotopic (exact) mass is 445 g/mol. The molecule has 2 atom stereocenters. The first kappa shape index (κ1) is 25.0. The van der Waals surface area contributed by atoms with E-state index >= 15 is 0 Å². The van der Waals surface area contributed by atoms with Crippen molar-refractivity contribution >= 4 is 17.8 Å². The normalized spacial score (nSPS) is 12.6. The van der Waals surface area contributed by atoms with Crippen molar-refractivity contribution in [3.63, 3.8) is 0 Å². The maximum absolute atomic E-state index is 14.0. The molecule has 0 spiro atoms. The van der Waals surface area contributed by atoms with Crippen LogP contribution in [0.1, 0.15) is 31.7 Å². The SMILES string of the molecule is CCCCOC(=O)C(CO)CC(Cc1ccc(-c2ccccc2F)cc1)NC(=O)C(=O)O. The number of hydrogen-bond acceptors (Lipinski definition) is 5. The van der Waals surface area contributed by atoms with E-state index in [1.54, 1.807) is 42.5 Å². The third kappa shape index (κ3) is 7.46. The van der Waals surface area contributed by atoms with Crippen molar-refractivity contribution in [2.24, 2.45) is 5.92 Å². The largest absolute Gasteiger partial charge is 0.474 e. The Bertz CT molecular complexity index is 915. The zero-order valence-electron chi connectivity index (χ0n) is 17.9. The van der Waals surface area contributed by atoms with Gasteiger partial charge in [0.25, 0.3) is 0 Å². The summed E-state index contributed by atoms with van der Waals surface area (Å²) in [6.07, 6.45) is 1.76. The molecule has 2 rings (SSSR count). The van der Waals surface area contributed by atoms with Crippen LogP contribution in [0.4, 0.5) is 4.39 Å². The fourth-order valence-electron chi connectivity index (χ4n) is 3.26. The number of carboxylic acid groups (broad SMARTS) is 1. The van der Waals surface area contributed by atoms with Crippen LogP contribution in [-0.2, 0) is 25.5 Å². The van der Waals surface area contributed by atoms with Crippen LogP contribution in [0.5, 0.6) is 0 Å². The molecular formula is C24H28FNO6. The summed E-state index contributed by atoms with van der Waals surface area (Å²) >= 11 is 0. The minimum atomic E-state index is -1.64. The topological polar surface area (TPSA) is 113 Å². The third-order valence-electron chi connectivity index (χ3n) is 5.02. The molecule has 172 valence electrons.